The lowest BCUT2D eigenvalue weighted by atomic mass is 9.86. The Morgan fingerprint density at radius 2 is 1.59 bits per heavy atom. The van der Waals surface area contributed by atoms with Crippen molar-refractivity contribution in [3.05, 3.63) is 51.7 Å². The van der Waals surface area contributed by atoms with Gasteiger partial charge in [-0.15, -0.1) is 11.3 Å². The third-order valence-corrected chi connectivity index (χ3v) is 6.45. The molecule has 8 nitrogen and oxygen atoms in total. The molecule has 1 aromatic heterocycles. The van der Waals surface area contributed by atoms with Crippen LogP contribution < -0.4 is 4.74 Å². The van der Waals surface area contributed by atoms with Gasteiger partial charge in [-0.05, 0) is 102 Å². The Labute approximate surface area is 248 Å². The minimum atomic E-state index is -1.14. The maximum Gasteiger partial charge on any atom is 0.308 e. The molecule has 0 saturated heterocycles. The fraction of sp³-hybridized carbons (Fsp3) is 0.444. The van der Waals surface area contributed by atoms with Crippen molar-refractivity contribution in [2.24, 2.45) is 0 Å². The topological polar surface area (TPSA) is 118 Å². The van der Waals surface area contributed by atoms with E-state index in [4.69, 9.17) is 14.6 Å². The van der Waals surface area contributed by atoms with Gasteiger partial charge in [-0.25, -0.2) is 0 Å². The lowest BCUT2D eigenvalue weighted by molar-refractivity contribution is -0.134. The Bertz CT molecular complexity index is 1050. The molecule has 0 unspecified atom stereocenters. The molecule has 1 aromatic carbocycles. The van der Waals surface area contributed by atoms with Crippen LogP contribution in [-0.4, -0.2) is 56.8 Å². The first-order valence-electron chi connectivity index (χ1n) is 12.1. The molecular weight excluding hydrogens is 589 g/mol. The number of carboxylic acid groups (broad SMARTS) is 1. The number of esters is 1. The molecule has 0 saturated carbocycles. The van der Waals surface area contributed by atoms with E-state index < -0.39 is 16.5 Å². The van der Waals surface area contributed by atoms with Gasteiger partial charge >= 0.3 is 16.5 Å². The molecule has 0 aliphatic heterocycles. The molecule has 0 fully saturated rings. The van der Waals surface area contributed by atoms with Crippen LogP contribution in [0.1, 0.15) is 56.5 Å². The van der Waals surface area contributed by atoms with Crippen LogP contribution in [0.3, 0.4) is 0 Å². The number of carbonyl (C=O) groups is 5. The lowest BCUT2D eigenvalue weighted by Gasteiger charge is -2.35. The van der Waals surface area contributed by atoms with E-state index in [1.54, 1.807) is 0 Å². The van der Waals surface area contributed by atoms with Crippen molar-refractivity contribution in [3.63, 3.8) is 0 Å². The van der Waals surface area contributed by atoms with E-state index in [9.17, 15) is 19.2 Å². The second kappa shape index (κ2) is 20.6. The number of benzene rings is 1. The maximum atomic E-state index is 11.3. The maximum absolute atomic E-state index is 11.3. The van der Waals surface area contributed by atoms with Crippen LogP contribution in [0.15, 0.2) is 35.7 Å². The predicted molar refractivity (Wildman–Crippen MR) is 155 cm³/mol. The van der Waals surface area contributed by atoms with Gasteiger partial charge in [0.25, 0.3) is 5.97 Å². The average Bonchev–Trinajstić information content (AvgIpc) is 3.34. The number of ether oxygens (including phenoxy) is 1. The molecule has 1 heterocycles. The number of halogens is 3. The summed E-state index contributed by atoms with van der Waals surface area (Å²) >= 11 is 15.5. The summed E-state index contributed by atoms with van der Waals surface area (Å²) in [5, 5.41) is 6.93. The van der Waals surface area contributed by atoms with Gasteiger partial charge in [0.05, 0.1) is 0 Å². The monoisotopic (exact) mass is 621 g/mol. The Morgan fingerprint density at radius 1 is 1.00 bits per heavy atom. The Balaban J connectivity index is 0.000000856. The van der Waals surface area contributed by atoms with E-state index in [1.165, 1.54) is 36.3 Å². The van der Waals surface area contributed by atoms with Gasteiger partial charge in [0.2, 0.25) is 5.24 Å². The predicted octanol–water partition coefficient (Wildman–Crippen LogP) is 5.87. The largest absolute Gasteiger partial charge is 0.481 e. The van der Waals surface area contributed by atoms with Gasteiger partial charge in [0, 0.05) is 38.2 Å². The van der Waals surface area contributed by atoms with E-state index in [-0.39, 0.29) is 11.2 Å². The van der Waals surface area contributed by atoms with Crippen molar-refractivity contribution in [3.8, 4) is 5.75 Å². The van der Waals surface area contributed by atoms with E-state index in [0.29, 0.717) is 6.04 Å². The second-order valence-electron chi connectivity index (χ2n) is 8.29. The van der Waals surface area contributed by atoms with Crippen LogP contribution in [0.2, 0.25) is 0 Å². The van der Waals surface area contributed by atoms with Crippen LogP contribution in [0.5, 0.6) is 5.75 Å². The lowest BCUT2D eigenvalue weighted by Crippen LogP contribution is -2.41. The van der Waals surface area contributed by atoms with Crippen molar-refractivity contribution in [2.75, 3.05) is 13.1 Å². The number of carboxylic acids is 1. The third kappa shape index (κ3) is 17.8. The smallest absolute Gasteiger partial charge is 0.308 e. The molecule has 1 N–H and O–H groups in total. The van der Waals surface area contributed by atoms with Crippen LogP contribution in [0, 0.1) is 0 Å². The van der Waals surface area contributed by atoms with Crippen LogP contribution in [-0.2, 0) is 43.2 Å². The molecule has 0 bridgehead atoms. The minimum Gasteiger partial charge on any atom is -0.481 e. The van der Waals surface area contributed by atoms with Crippen molar-refractivity contribution in [1.29, 1.82) is 0 Å². The van der Waals surface area contributed by atoms with E-state index in [0.717, 1.165) is 51.4 Å². The summed E-state index contributed by atoms with van der Waals surface area (Å²) in [7, 11) is 0. The van der Waals surface area contributed by atoms with Crippen molar-refractivity contribution >= 4 is 73.8 Å². The number of hydrogen-bond acceptors (Lipinski definition) is 8. The SMILES string of the molecule is CC(=O)Cl.CC(=O)O.CCCN(CCc1cccs1)[C@H]1CCc2c(cccc2OC(C)=O)C1.O=C(Cl)C(=O)Cl. The fourth-order valence-corrected chi connectivity index (χ4v) is 4.49. The number of nitrogens with zero attached hydrogens (tertiary/aromatic N) is 1. The fourth-order valence-electron chi connectivity index (χ4n) is 3.79. The quantitative estimate of drug-likeness (QED) is 0.168. The molecule has 1 atom stereocenters. The summed E-state index contributed by atoms with van der Waals surface area (Å²) < 4.78 is 5.40. The summed E-state index contributed by atoms with van der Waals surface area (Å²) in [6.45, 7) is 8.38. The van der Waals surface area contributed by atoms with E-state index in [2.05, 4.69) is 70.2 Å². The first kappa shape index (κ1) is 36.7. The molecule has 1 aliphatic carbocycles. The molecule has 1 aliphatic rings. The average molecular weight is 623 g/mol. The van der Waals surface area contributed by atoms with E-state index in [1.807, 2.05) is 23.5 Å². The zero-order chi connectivity index (χ0) is 30.0. The summed E-state index contributed by atoms with van der Waals surface area (Å²) in [6.07, 6.45) is 5.49. The van der Waals surface area contributed by atoms with Crippen LogP contribution in [0.25, 0.3) is 0 Å². The molecule has 39 heavy (non-hydrogen) atoms. The van der Waals surface area contributed by atoms with E-state index >= 15 is 0 Å². The van der Waals surface area contributed by atoms with Gasteiger partial charge in [-0.2, -0.15) is 0 Å². The molecular formula is C27H34Cl3NO7S. The molecule has 3 rings (SSSR count). The molecule has 0 amide bonds. The Morgan fingerprint density at radius 3 is 2.05 bits per heavy atom. The van der Waals surface area contributed by atoms with Gasteiger partial charge in [-0.3, -0.25) is 28.9 Å². The third-order valence-electron chi connectivity index (χ3n) is 5.07. The molecule has 12 heteroatoms. The van der Waals surface area contributed by atoms with Crippen LogP contribution >= 0.6 is 46.1 Å². The number of fused-ring (bicyclic) bond motifs is 1. The number of aliphatic carboxylic acids is 1. The minimum absolute atomic E-state index is 0.237. The highest BCUT2D eigenvalue weighted by molar-refractivity contribution is 7.09. The normalized spacial score (nSPS) is 13.2. The van der Waals surface area contributed by atoms with Gasteiger partial charge in [0.1, 0.15) is 5.75 Å². The highest BCUT2D eigenvalue weighted by Gasteiger charge is 2.26. The van der Waals surface area contributed by atoms with Crippen molar-refractivity contribution in [1.82, 2.24) is 4.90 Å². The zero-order valence-corrected chi connectivity index (χ0v) is 25.5. The Hall–Kier alpha value is -2.30. The van der Waals surface area contributed by atoms with Crippen molar-refractivity contribution < 1.29 is 33.8 Å². The highest BCUT2D eigenvalue weighted by atomic mass is 35.5. The first-order valence-corrected chi connectivity index (χ1v) is 14.1. The Kier molecular flexibility index (Phi) is 19.4. The van der Waals surface area contributed by atoms with Crippen LogP contribution in [0.4, 0.5) is 0 Å². The second-order valence-corrected chi connectivity index (χ2v) is 10.5. The van der Waals surface area contributed by atoms with Gasteiger partial charge in [0.15, 0.2) is 0 Å². The molecule has 216 valence electrons. The number of hydrogen-bond donors (Lipinski definition) is 1. The summed E-state index contributed by atoms with van der Waals surface area (Å²) in [6, 6.07) is 11.1. The molecule has 0 spiro atoms. The van der Waals surface area contributed by atoms with Crippen molar-refractivity contribution in [2.45, 2.75) is 65.8 Å². The number of carbonyl (C=O) groups excluding carboxylic acids is 4. The standard InChI is InChI=1S/C21H27NO2S.C2Cl2O2.C2H3ClO.C2H4O2/c1-3-12-22(13-11-19-7-5-14-25-19)18-9-10-20-17(15-18)6-4-8-21(20)24-16(2)23;3-1(5)2(4)6;2*1-2(3)4/h4-8,14,18H,3,9-13,15H2,1-2H3;;1H3;1H3,(H,3,4)/t18-;;;/m0.../s1. The van der Waals surface area contributed by atoms with Gasteiger partial charge < -0.3 is 9.84 Å². The summed E-state index contributed by atoms with van der Waals surface area (Å²) in [5.41, 5.74) is 2.57. The molecule has 0 radical (unpaired) electrons. The summed E-state index contributed by atoms with van der Waals surface area (Å²) in [5.74, 6) is -0.317. The molecule has 2 aromatic rings. The highest BCUT2D eigenvalue weighted by Crippen LogP contribution is 2.32. The van der Waals surface area contributed by atoms with Gasteiger partial charge in [-0.1, -0.05) is 25.1 Å². The zero-order valence-electron chi connectivity index (χ0n) is 22.4. The number of rotatable bonds is 8. The first-order chi connectivity index (χ1) is 18.3. The summed E-state index contributed by atoms with van der Waals surface area (Å²) in [4.78, 5) is 52.5. The number of thiophene rings is 1.